The van der Waals surface area contributed by atoms with Crippen molar-refractivity contribution in [1.82, 2.24) is 5.32 Å². The fraction of sp³-hybridized carbons (Fsp3) is 0.211. The molecule has 8 heteroatoms. The fourth-order valence-corrected chi connectivity index (χ4v) is 2.18. The quantitative estimate of drug-likeness (QED) is 0.361. The minimum Gasteiger partial charge on any atom is -0.482 e. The Kier molecular flexibility index (Phi) is 8.81. The van der Waals surface area contributed by atoms with Crippen molar-refractivity contribution >= 4 is 30.1 Å². The van der Waals surface area contributed by atoms with Crippen molar-refractivity contribution in [3.8, 4) is 5.75 Å². The lowest BCUT2D eigenvalue weighted by atomic mass is 10.1. The maximum atomic E-state index is 12.1. The van der Waals surface area contributed by atoms with Crippen LogP contribution in [0.25, 0.3) is 0 Å². The summed E-state index contributed by atoms with van der Waals surface area (Å²) in [6, 6.07) is 13.8. The van der Waals surface area contributed by atoms with Crippen LogP contribution in [-0.4, -0.2) is 38.0 Å². The van der Waals surface area contributed by atoms with E-state index in [1.54, 1.807) is 36.4 Å². The van der Waals surface area contributed by atoms with E-state index < -0.39 is 5.97 Å². The number of carbonyl (C=O) groups excluding carboxylic acids is 2. The Morgan fingerprint density at radius 2 is 1.63 bits per heavy atom. The van der Waals surface area contributed by atoms with E-state index >= 15 is 0 Å². The van der Waals surface area contributed by atoms with Gasteiger partial charge in [-0.3, -0.25) is 10.2 Å². The molecule has 0 unspecified atom stereocenters. The minimum absolute atomic E-state index is 0. The van der Waals surface area contributed by atoms with E-state index in [0.717, 1.165) is 5.56 Å². The van der Waals surface area contributed by atoms with Gasteiger partial charge < -0.3 is 20.5 Å². The van der Waals surface area contributed by atoms with Crippen LogP contribution in [0.1, 0.15) is 21.5 Å². The van der Waals surface area contributed by atoms with E-state index in [1.807, 2.05) is 12.1 Å². The zero-order chi connectivity index (χ0) is 18.9. The molecule has 0 aromatic heterocycles. The van der Waals surface area contributed by atoms with Gasteiger partial charge in [0.2, 0.25) is 0 Å². The summed E-state index contributed by atoms with van der Waals surface area (Å²) in [5.41, 5.74) is 7.63. The zero-order valence-corrected chi connectivity index (χ0v) is 15.7. The second-order valence-electron chi connectivity index (χ2n) is 5.51. The number of amides is 1. The summed E-state index contributed by atoms with van der Waals surface area (Å²) in [6.45, 7) is 0.309. The lowest BCUT2D eigenvalue weighted by Gasteiger charge is -2.08. The number of methoxy groups -OCH3 is 1. The maximum Gasteiger partial charge on any atom is 0.343 e. The number of nitrogen functional groups attached to an aromatic ring is 1. The Balaban J connectivity index is 0.00000364. The van der Waals surface area contributed by atoms with Gasteiger partial charge in [-0.1, -0.05) is 24.3 Å². The maximum absolute atomic E-state index is 12.1. The number of carbonyl (C=O) groups is 2. The lowest BCUT2D eigenvalue weighted by Crippen LogP contribution is -2.25. The van der Waals surface area contributed by atoms with Crippen LogP contribution in [0.5, 0.6) is 5.75 Å². The number of rotatable bonds is 8. The fourth-order valence-electron chi connectivity index (χ4n) is 2.18. The average molecular weight is 392 g/mol. The lowest BCUT2D eigenvalue weighted by molar-refractivity contribution is -0.142. The first-order valence-electron chi connectivity index (χ1n) is 8.01. The van der Waals surface area contributed by atoms with Gasteiger partial charge in [0, 0.05) is 17.7 Å². The van der Waals surface area contributed by atoms with Crippen molar-refractivity contribution in [2.45, 2.75) is 6.42 Å². The summed E-state index contributed by atoms with van der Waals surface area (Å²) in [5.74, 6) is -0.144. The van der Waals surface area contributed by atoms with Crippen LogP contribution in [0.2, 0.25) is 0 Å². The van der Waals surface area contributed by atoms with E-state index in [0.29, 0.717) is 29.8 Å². The molecule has 0 saturated carbocycles. The number of hydrogen-bond acceptors (Lipinski definition) is 5. The number of benzene rings is 2. The Morgan fingerprint density at radius 3 is 2.19 bits per heavy atom. The van der Waals surface area contributed by atoms with Crippen LogP contribution in [0.15, 0.2) is 48.5 Å². The number of amidine groups is 1. The van der Waals surface area contributed by atoms with Gasteiger partial charge in [0.05, 0.1) is 7.11 Å². The third-order valence-electron chi connectivity index (χ3n) is 3.67. The zero-order valence-electron chi connectivity index (χ0n) is 14.9. The van der Waals surface area contributed by atoms with Gasteiger partial charge in [-0.15, -0.1) is 12.4 Å². The van der Waals surface area contributed by atoms with Gasteiger partial charge in [0.1, 0.15) is 11.6 Å². The SMILES string of the molecule is COC(=O)COc1ccc(C(=O)NCCc2ccc(C(=N)N)cc2)cc1.Cl. The molecule has 2 rings (SSSR count). The number of esters is 1. The molecule has 0 saturated heterocycles. The molecule has 0 heterocycles. The Bertz CT molecular complexity index is 777. The van der Waals surface area contributed by atoms with Crippen LogP contribution in [0.3, 0.4) is 0 Å². The highest BCUT2D eigenvalue weighted by Crippen LogP contribution is 2.12. The molecule has 0 aliphatic rings. The molecule has 144 valence electrons. The largest absolute Gasteiger partial charge is 0.482 e. The van der Waals surface area contributed by atoms with Gasteiger partial charge >= 0.3 is 5.97 Å². The molecular weight excluding hydrogens is 370 g/mol. The third kappa shape index (κ3) is 6.99. The molecule has 2 aromatic carbocycles. The van der Waals surface area contributed by atoms with E-state index in [4.69, 9.17) is 15.9 Å². The molecular formula is C19H22ClN3O4. The van der Waals surface area contributed by atoms with Crippen LogP contribution in [0, 0.1) is 5.41 Å². The monoisotopic (exact) mass is 391 g/mol. The number of ether oxygens (including phenoxy) is 2. The molecule has 0 bridgehead atoms. The van der Waals surface area contributed by atoms with Gasteiger partial charge in [-0.05, 0) is 36.2 Å². The number of hydrogen-bond donors (Lipinski definition) is 3. The molecule has 0 atom stereocenters. The average Bonchev–Trinajstić information content (AvgIpc) is 2.66. The first-order valence-corrected chi connectivity index (χ1v) is 8.01. The summed E-state index contributed by atoms with van der Waals surface area (Å²) < 4.78 is 9.72. The first kappa shape index (κ1) is 22.0. The normalized spacial score (nSPS) is 9.67. The van der Waals surface area contributed by atoms with Crippen LogP contribution in [0.4, 0.5) is 0 Å². The second-order valence-corrected chi connectivity index (χ2v) is 5.51. The van der Waals surface area contributed by atoms with Gasteiger partial charge in [0.15, 0.2) is 6.61 Å². The van der Waals surface area contributed by atoms with E-state index in [1.165, 1.54) is 7.11 Å². The van der Waals surface area contributed by atoms with Crippen molar-refractivity contribution in [1.29, 1.82) is 5.41 Å². The van der Waals surface area contributed by atoms with Crippen LogP contribution >= 0.6 is 12.4 Å². The summed E-state index contributed by atoms with van der Waals surface area (Å²) >= 11 is 0. The van der Waals surface area contributed by atoms with Gasteiger partial charge in [-0.25, -0.2) is 4.79 Å². The number of nitrogens with two attached hydrogens (primary N) is 1. The molecule has 0 aliphatic heterocycles. The Hall–Kier alpha value is -3.06. The van der Waals surface area contributed by atoms with Crippen molar-refractivity contribution in [2.24, 2.45) is 5.73 Å². The number of halogens is 1. The highest BCUT2D eigenvalue weighted by atomic mass is 35.5. The molecule has 0 aliphatic carbocycles. The summed E-state index contributed by atoms with van der Waals surface area (Å²) in [4.78, 5) is 23.2. The Morgan fingerprint density at radius 1 is 1.04 bits per heavy atom. The van der Waals surface area contributed by atoms with E-state index in [-0.39, 0.29) is 30.8 Å². The van der Waals surface area contributed by atoms with Gasteiger partial charge in [-0.2, -0.15) is 0 Å². The summed E-state index contributed by atoms with van der Waals surface area (Å²) in [7, 11) is 1.29. The third-order valence-corrected chi connectivity index (χ3v) is 3.67. The molecule has 0 spiro atoms. The van der Waals surface area contributed by atoms with Crippen molar-refractivity contribution in [2.75, 3.05) is 20.3 Å². The summed E-state index contributed by atoms with van der Waals surface area (Å²) in [6.07, 6.45) is 0.671. The predicted octanol–water partition coefficient (Wildman–Crippen LogP) is 1.92. The molecule has 4 N–H and O–H groups in total. The van der Waals surface area contributed by atoms with Gasteiger partial charge in [0.25, 0.3) is 5.91 Å². The van der Waals surface area contributed by atoms with Crippen LogP contribution < -0.4 is 15.8 Å². The number of nitrogens with one attached hydrogen (secondary N) is 2. The second kappa shape index (κ2) is 10.8. The first-order chi connectivity index (χ1) is 12.5. The van der Waals surface area contributed by atoms with E-state index in [9.17, 15) is 9.59 Å². The molecule has 0 fully saturated rings. The van der Waals surface area contributed by atoms with Crippen molar-refractivity contribution in [3.05, 3.63) is 65.2 Å². The minimum atomic E-state index is -0.469. The Labute approximate surface area is 163 Å². The summed E-state index contributed by atoms with van der Waals surface area (Å²) in [5, 5.41) is 10.2. The molecule has 27 heavy (non-hydrogen) atoms. The predicted molar refractivity (Wildman–Crippen MR) is 105 cm³/mol. The standard InChI is InChI=1S/C19H21N3O4.ClH/c1-25-17(23)12-26-16-8-6-15(7-9-16)19(24)22-11-10-13-2-4-14(5-3-13)18(20)21;/h2-9H,10-12H2,1H3,(H3,20,21)(H,22,24);1H. The highest BCUT2D eigenvalue weighted by Gasteiger charge is 2.07. The molecule has 1 amide bonds. The topological polar surface area (TPSA) is 114 Å². The molecule has 0 radical (unpaired) electrons. The van der Waals surface area contributed by atoms with Crippen molar-refractivity contribution in [3.63, 3.8) is 0 Å². The molecule has 7 nitrogen and oxygen atoms in total. The van der Waals surface area contributed by atoms with Crippen LogP contribution in [-0.2, 0) is 16.0 Å². The van der Waals surface area contributed by atoms with E-state index in [2.05, 4.69) is 10.1 Å². The van der Waals surface area contributed by atoms with Crippen molar-refractivity contribution < 1.29 is 19.1 Å². The molecule has 2 aromatic rings. The smallest absolute Gasteiger partial charge is 0.343 e. The highest BCUT2D eigenvalue weighted by molar-refractivity contribution is 5.95.